The highest BCUT2D eigenvalue weighted by atomic mass is 16.5. The van der Waals surface area contributed by atoms with Gasteiger partial charge in [0.1, 0.15) is 12.5 Å². The molecule has 5 heterocycles. The number of hydrogen-bond donors (Lipinski definition) is 0. The first-order valence-corrected chi connectivity index (χ1v) is 24.2. The fraction of sp³-hybridized carbons (Fsp3) is 0.564. The van der Waals surface area contributed by atoms with Gasteiger partial charge in [-0.3, -0.25) is 29.2 Å². The highest BCUT2D eigenvalue weighted by Crippen LogP contribution is 2.49. The number of allylic oxidation sites excluding steroid dienone is 12. The second-order valence-corrected chi connectivity index (χ2v) is 19.8. The van der Waals surface area contributed by atoms with Gasteiger partial charge in [-0.2, -0.15) is 0 Å². The predicted octanol–water partition coefficient (Wildman–Crippen LogP) is 11.4. The fourth-order valence-electron chi connectivity index (χ4n) is 10.3. The lowest BCUT2D eigenvalue weighted by molar-refractivity contribution is -0.146. The molecule has 0 saturated heterocycles. The van der Waals surface area contributed by atoms with Crippen LogP contribution < -0.4 is 10.6 Å². The minimum Gasteiger partial charge on any atom is -0.468 e. The van der Waals surface area contributed by atoms with Crippen molar-refractivity contribution in [2.24, 2.45) is 51.4 Å². The number of ether oxygens (including phenoxy) is 2. The number of methoxy groups -OCH3 is 1. The molecule has 6 rings (SSSR count). The van der Waals surface area contributed by atoms with Crippen LogP contribution in [0, 0.1) is 41.4 Å². The smallest absolute Gasteiger partial charge is 0.321 e. The molecular weight excluding hydrogens is 813 g/mol. The molecule has 0 fully saturated rings. The third-order valence-electron chi connectivity index (χ3n) is 14.4. The summed E-state index contributed by atoms with van der Waals surface area (Å²) in [4.78, 5) is 64.8. The van der Waals surface area contributed by atoms with Crippen molar-refractivity contribution < 1.29 is 28.7 Å². The van der Waals surface area contributed by atoms with Crippen molar-refractivity contribution in [2.45, 2.75) is 147 Å². The molecule has 0 aromatic carbocycles. The molecular formula is C55H72N4O6. The predicted molar refractivity (Wildman–Crippen MR) is 258 cm³/mol. The average Bonchev–Trinajstić information content (AvgIpc) is 4.00. The van der Waals surface area contributed by atoms with Crippen LogP contribution in [0.4, 0.5) is 0 Å². The number of esters is 2. The Hall–Kier alpha value is -5.12. The van der Waals surface area contributed by atoms with E-state index < -0.39 is 11.9 Å². The van der Waals surface area contributed by atoms with E-state index in [4.69, 9.17) is 30.1 Å². The Kier molecular flexibility index (Phi) is 16.3. The van der Waals surface area contributed by atoms with Gasteiger partial charge >= 0.3 is 11.9 Å². The standard InChI is InChI=1S/C55H72N4O6/c1-13-39-34(7)41-29-46-48(38(11)60)36(9)43(57-46)27-42-35(8)40(52(58-42)50-51(55(63)64-12)54(62)49-37(10)44(59-53(49)50)28-45(39)56-41)23-24-47(61)65-26-25-33(6)22-16-21-32(5)20-15-19-31(4)18-14-17-30(2)3/h13,25,27-32,34-35,40,51H,14-24,26H2,1-12H3/t31-,32-,34-,35+,40+,51-/m1/s1. The Bertz CT molecular complexity index is 2320. The lowest BCUT2D eigenvalue weighted by Gasteiger charge is -2.21. The molecule has 0 aromatic heterocycles. The van der Waals surface area contributed by atoms with Crippen LogP contribution >= 0.6 is 0 Å². The van der Waals surface area contributed by atoms with Gasteiger partial charge in [-0.15, -0.1) is 0 Å². The summed E-state index contributed by atoms with van der Waals surface area (Å²) in [5, 5.41) is 10.1. The second-order valence-electron chi connectivity index (χ2n) is 19.8. The van der Waals surface area contributed by atoms with Gasteiger partial charge < -0.3 is 9.47 Å². The van der Waals surface area contributed by atoms with Gasteiger partial charge in [0.25, 0.3) is 0 Å². The van der Waals surface area contributed by atoms with Gasteiger partial charge in [-0.05, 0) is 113 Å². The van der Waals surface area contributed by atoms with Crippen molar-refractivity contribution in [2.75, 3.05) is 13.7 Å². The normalized spacial score (nSPS) is 24.3. The summed E-state index contributed by atoms with van der Waals surface area (Å²) in [6.07, 6.45) is 21.4. The number of Topliss-reactive ketones (excluding diaryl/α,β-unsaturated/α-hetero) is 2. The van der Waals surface area contributed by atoms with Crippen LogP contribution in [0.1, 0.15) is 147 Å². The number of carbonyl (C=O) groups excluding carboxylic acids is 4. The number of carbonyl (C=O) groups is 4. The molecule has 8 bridgehead atoms. The molecule has 10 nitrogen and oxygen atoms in total. The highest BCUT2D eigenvalue weighted by Gasteiger charge is 2.51. The molecule has 10 heteroatoms. The van der Waals surface area contributed by atoms with Crippen molar-refractivity contribution in [1.82, 2.24) is 10.6 Å². The Morgan fingerprint density at radius 2 is 1.46 bits per heavy atom. The van der Waals surface area contributed by atoms with Gasteiger partial charge in [0.05, 0.1) is 47.0 Å². The zero-order chi connectivity index (χ0) is 47.3. The van der Waals surface area contributed by atoms with E-state index in [1.54, 1.807) is 6.92 Å². The highest BCUT2D eigenvalue weighted by molar-refractivity contribution is 6.19. The van der Waals surface area contributed by atoms with Crippen LogP contribution in [0.15, 0.2) is 114 Å². The maximum absolute atomic E-state index is 14.4. The van der Waals surface area contributed by atoms with Gasteiger partial charge in [-0.25, -0.2) is 10.6 Å². The molecule has 2 radical (unpaired) electrons. The number of rotatable bonds is 19. The number of fused-ring (bicyclic) bond motifs is 5. The third kappa shape index (κ3) is 11.0. The summed E-state index contributed by atoms with van der Waals surface area (Å²) >= 11 is 0. The molecule has 0 unspecified atom stereocenters. The van der Waals surface area contributed by atoms with E-state index in [0.717, 1.165) is 41.5 Å². The van der Waals surface area contributed by atoms with E-state index in [0.29, 0.717) is 74.5 Å². The molecule has 6 atom stereocenters. The third-order valence-corrected chi connectivity index (χ3v) is 14.4. The largest absolute Gasteiger partial charge is 0.468 e. The number of hydrogen-bond acceptors (Lipinski definition) is 8. The van der Waals surface area contributed by atoms with Gasteiger partial charge in [0.2, 0.25) is 0 Å². The second kappa shape index (κ2) is 21.5. The molecule has 348 valence electrons. The maximum Gasteiger partial charge on any atom is 0.321 e. The lowest BCUT2D eigenvalue weighted by Crippen LogP contribution is -2.27. The first-order chi connectivity index (χ1) is 30.9. The van der Waals surface area contributed by atoms with E-state index in [9.17, 15) is 19.2 Å². The fourth-order valence-corrected chi connectivity index (χ4v) is 10.3. The summed E-state index contributed by atoms with van der Waals surface area (Å²) in [7, 11) is 1.28. The molecule has 0 N–H and O–H groups in total. The average molecular weight is 885 g/mol. The Morgan fingerprint density at radius 1 is 0.800 bits per heavy atom. The van der Waals surface area contributed by atoms with Crippen LogP contribution in [0.3, 0.4) is 0 Å². The van der Waals surface area contributed by atoms with Crippen molar-refractivity contribution in [3.05, 3.63) is 104 Å². The zero-order valence-corrected chi connectivity index (χ0v) is 41.2. The Balaban J connectivity index is 1.20. The molecule has 0 aromatic rings. The number of nitrogens with zero attached hydrogens (tertiary/aromatic N) is 4. The van der Waals surface area contributed by atoms with Crippen LogP contribution in [-0.2, 0) is 28.7 Å². The molecule has 6 aliphatic rings. The molecule has 0 spiro atoms. The Labute approximate surface area is 388 Å². The zero-order valence-electron chi connectivity index (χ0n) is 41.2. The minimum absolute atomic E-state index is 0.0824. The monoisotopic (exact) mass is 885 g/mol. The van der Waals surface area contributed by atoms with Crippen LogP contribution in [-0.4, -0.2) is 48.6 Å². The maximum atomic E-state index is 14.4. The Morgan fingerprint density at radius 3 is 2.11 bits per heavy atom. The van der Waals surface area contributed by atoms with Gasteiger partial charge in [0, 0.05) is 46.6 Å². The topological polar surface area (TPSA) is 140 Å². The summed E-state index contributed by atoms with van der Waals surface area (Å²) in [6.45, 7) is 23.0. The van der Waals surface area contributed by atoms with Gasteiger partial charge in [-0.1, -0.05) is 98.1 Å². The van der Waals surface area contributed by atoms with Crippen LogP contribution in [0.25, 0.3) is 0 Å². The lowest BCUT2D eigenvalue weighted by atomic mass is 9.83. The van der Waals surface area contributed by atoms with E-state index in [1.165, 1.54) is 57.6 Å². The first-order valence-electron chi connectivity index (χ1n) is 24.2. The van der Waals surface area contributed by atoms with Crippen LogP contribution in [0.2, 0.25) is 0 Å². The van der Waals surface area contributed by atoms with Crippen molar-refractivity contribution in [3.63, 3.8) is 0 Å². The molecule has 0 amide bonds. The van der Waals surface area contributed by atoms with Crippen molar-refractivity contribution in [1.29, 1.82) is 0 Å². The number of ketones is 2. The summed E-state index contributed by atoms with van der Waals surface area (Å²) < 4.78 is 11.0. The van der Waals surface area contributed by atoms with Crippen LogP contribution in [0.5, 0.6) is 0 Å². The van der Waals surface area contributed by atoms with Crippen molar-refractivity contribution >= 4 is 34.9 Å². The summed E-state index contributed by atoms with van der Waals surface area (Å²) in [5.74, 6) is -1.17. The minimum atomic E-state index is -1.26. The van der Waals surface area contributed by atoms with Crippen molar-refractivity contribution in [3.8, 4) is 0 Å². The van der Waals surface area contributed by atoms with E-state index >= 15 is 0 Å². The molecule has 0 saturated carbocycles. The van der Waals surface area contributed by atoms with E-state index in [2.05, 4.69) is 41.5 Å². The SMILES string of the molecule is CC=C1C2=CC3=C(C)C4=C([N]3)C(=C3N=C(C=C5[N]C(=CC(=N2)[C@@H]1C)C(C(C)=O)=C5C)[C@@H](C)[C@@H]3CCC(=O)OCC=C(C)CCC[C@H](C)CCC[C@H](C)CCCC(C)C)[C@@H](C(=O)OC)C4=O. The van der Waals surface area contributed by atoms with Gasteiger partial charge in [0.15, 0.2) is 11.6 Å². The first kappa shape index (κ1) is 49.3. The van der Waals surface area contributed by atoms with E-state index in [-0.39, 0.29) is 48.3 Å². The molecule has 65 heavy (non-hydrogen) atoms. The summed E-state index contributed by atoms with van der Waals surface area (Å²) in [6, 6.07) is 0. The number of aliphatic imine (C=N–C) groups is 2. The molecule has 1 aliphatic carbocycles. The van der Waals surface area contributed by atoms with E-state index in [1.807, 2.05) is 58.1 Å². The molecule has 5 aliphatic heterocycles. The summed E-state index contributed by atoms with van der Waals surface area (Å²) in [5.41, 5.74) is 9.66. The quantitative estimate of drug-likeness (QED) is 0.0719.